The standard InChI is InChI=1S/C10H11ClFNO2/c1-4-3-6(12)10(15)7(8(4)11)9(14)5(2)13/h3,5,15H,13H2,1-2H3. The summed E-state index contributed by atoms with van der Waals surface area (Å²) in [4.78, 5) is 11.6. The molecule has 1 unspecified atom stereocenters. The molecule has 0 saturated carbocycles. The van der Waals surface area contributed by atoms with Crippen LogP contribution in [0.1, 0.15) is 22.8 Å². The lowest BCUT2D eigenvalue weighted by Crippen LogP contribution is -2.27. The molecule has 0 radical (unpaired) electrons. The average Bonchev–Trinajstić information content (AvgIpc) is 2.15. The third kappa shape index (κ3) is 2.11. The molecule has 0 fully saturated rings. The van der Waals surface area contributed by atoms with E-state index in [4.69, 9.17) is 17.3 Å². The molecule has 0 aliphatic heterocycles. The summed E-state index contributed by atoms with van der Waals surface area (Å²) < 4.78 is 13.1. The number of phenolic OH excluding ortho intramolecular Hbond substituents is 1. The lowest BCUT2D eigenvalue weighted by molar-refractivity contribution is 0.0964. The maximum atomic E-state index is 13.1. The van der Waals surface area contributed by atoms with Crippen molar-refractivity contribution >= 4 is 17.4 Å². The highest BCUT2D eigenvalue weighted by molar-refractivity contribution is 6.35. The first-order valence-electron chi connectivity index (χ1n) is 4.33. The Kier molecular flexibility index (Phi) is 3.31. The Morgan fingerprint density at radius 1 is 1.67 bits per heavy atom. The van der Waals surface area contributed by atoms with Crippen LogP contribution >= 0.6 is 11.6 Å². The molecule has 0 heterocycles. The van der Waals surface area contributed by atoms with Crippen LogP contribution in [0.15, 0.2) is 6.07 Å². The van der Waals surface area contributed by atoms with Crippen LogP contribution in [0.3, 0.4) is 0 Å². The normalized spacial score (nSPS) is 12.6. The van der Waals surface area contributed by atoms with Crippen LogP contribution in [-0.2, 0) is 0 Å². The van der Waals surface area contributed by atoms with Gasteiger partial charge >= 0.3 is 0 Å². The van der Waals surface area contributed by atoms with E-state index >= 15 is 0 Å². The number of hydrogen-bond acceptors (Lipinski definition) is 3. The fraction of sp³-hybridized carbons (Fsp3) is 0.300. The predicted molar refractivity (Wildman–Crippen MR) is 55.8 cm³/mol. The van der Waals surface area contributed by atoms with E-state index in [1.54, 1.807) is 6.92 Å². The first-order chi connectivity index (χ1) is 6.86. The van der Waals surface area contributed by atoms with Crippen molar-refractivity contribution in [2.24, 2.45) is 5.73 Å². The van der Waals surface area contributed by atoms with Gasteiger partial charge in [0.1, 0.15) is 0 Å². The highest BCUT2D eigenvalue weighted by atomic mass is 35.5. The largest absolute Gasteiger partial charge is 0.504 e. The fourth-order valence-corrected chi connectivity index (χ4v) is 1.43. The summed E-state index contributed by atoms with van der Waals surface area (Å²) in [6.07, 6.45) is 0. The van der Waals surface area contributed by atoms with E-state index in [9.17, 15) is 14.3 Å². The second-order valence-corrected chi connectivity index (χ2v) is 3.74. The maximum Gasteiger partial charge on any atom is 0.184 e. The first-order valence-corrected chi connectivity index (χ1v) is 4.71. The smallest absolute Gasteiger partial charge is 0.184 e. The van der Waals surface area contributed by atoms with E-state index in [2.05, 4.69) is 0 Å². The summed E-state index contributed by atoms with van der Waals surface area (Å²) in [7, 11) is 0. The summed E-state index contributed by atoms with van der Waals surface area (Å²) in [5.74, 6) is -2.20. The van der Waals surface area contributed by atoms with Crippen molar-refractivity contribution in [2.45, 2.75) is 19.9 Å². The number of hydrogen-bond donors (Lipinski definition) is 2. The molecule has 15 heavy (non-hydrogen) atoms. The van der Waals surface area contributed by atoms with Crippen molar-refractivity contribution in [1.82, 2.24) is 0 Å². The van der Waals surface area contributed by atoms with Crippen LogP contribution < -0.4 is 5.73 Å². The zero-order valence-electron chi connectivity index (χ0n) is 8.34. The number of Topliss-reactive ketones (excluding diaryl/α,β-unsaturated/α-hetero) is 1. The quantitative estimate of drug-likeness (QED) is 0.766. The predicted octanol–water partition coefficient (Wildman–Crippen LogP) is 2.02. The highest BCUT2D eigenvalue weighted by Gasteiger charge is 2.23. The number of carbonyl (C=O) groups is 1. The van der Waals surface area contributed by atoms with Crippen LogP contribution in [0, 0.1) is 12.7 Å². The van der Waals surface area contributed by atoms with Gasteiger partial charge in [-0.2, -0.15) is 0 Å². The van der Waals surface area contributed by atoms with Gasteiger partial charge in [-0.3, -0.25) is 4.79 Å². The Morgan fingerprint density at radius 3 is 2.67 bits per heavy atom. The molecule has 5 heteroatoms. The summed E-state index contributed by atoms with van der Waals surface area (Å²) in [5.41, 5.74) is 5.50. The van der Waals surface area contributed by atoms with E-state index in [1.165, 1.54) is 6.92 Å². The van der Waals surface area contributed by atoms with Crippen molar-refractivity contribution in [3.63, 3.8) is 0 Å². The molecule has 1 atom stereocenters. The number of nitrogens with two attached hydrogens (primary N) is 1. The number of aryl methyl sites for hydroxylation is 1. The van der Waals surface area contributed by atoms with Gasteiger partial charge in [0, 0.05) is 0 Å². The first kappa shape index (κ1) is 11.9. The van der Waals surface area contributed by atoms with Gasteiger partial charge in [-0.05, 0) is 25.5 Å². The minimum Gasteiger partial charge on any atom is -0.504 e. The molecule has 0 aromatic heterocycles. The van der Waals surface area contributed by atoms with Crippen molar-refractivity contribution in [3.8, 4) is 5.75 Å². The SMILES string of the molecule is Cc1cc(F)c(O)c(C(=O)C(C)N)c1Cl. The highest BCUT2D eigenvalue weighted by Crippen LogP contribution is 2.32. The monoisotopic (exact) mass is 231 g/mol. The third-order valence-electron chi connectivity index (χ3n) is 2.03. The second-order valence-electron chi connectivity index (χ2n) is 3.37. The number of phenols is 1. The van der Waals surface area contributed by atoms with E-state index in [1.807, 2.05) is 0 Å². The molecule has 0 bridgehead atoms. The molecule has 1 aromatic carbocycles. The molecule has 0 aliphatic rings. The minimum absolute atomic E-state index is 0.0381. The van der Waals surface area contributed by atoms with Gasteiger partial charge in [0.15, 0.2) is 17.3 Å². The van der Waals surface area contributed by atoms with Crippen molar-refractivity contribution < 1.29 is 14.3 Å². The van der Waals surface area contributed by atoms with E-state index in [0.717, 1.165) is 6.07 Å². The summed E-state index contributed by atoms with van der Waals surface area (Å²) in [6.45, 7) is 2.99. The molecule has 0 spiro atoms. The molecule has 0 saturated heterocycles. The van der Waals surface area contributed by atoms with Crippen molar-refractivity contribution in [2.75, 3.05) is 0 Å². The Balaban J connectivity index is 3.46. The molecule has 1 rings (SSSR count). The van der Waals surface area contributed by atoms with Gasteiger partial charge in [0.2, 0.25) is 0 Å². The molecular formula is C10H11ClFNO2. The number of ketones is 1. The topological polar surface area (TPSA) is 63.3 Å². The summed E-state index contributed by atoms with van der Waals surface area (Å²) in [6, 6.07) is 0.227. The van der Waals surface area contributed by atoms with Gasteiger partial charge in [0.25, 0.3) is 0 Å². The Bertz CT molecular complexity index is 392. The minimum atomic E-state index is -0.874. The van der Waals surface area contributed by atoms with Gasteiger partial charge in [-0.1, -0.05) is 11.6 Å². The lowest BCUT2D eigenvalue weighted by Gasteiger charge is -2.11. The fourth-order valence-electron chi connectivity index (χ4n) is 1.19. The molecule has 0 aliphatic carbocycles. The molecule has 3 nitrogen and oxygen atoms in total. The van der Waals surface area contributed by atoms with Crippen LogP contribution in [0.2, 0.25) is 5.02 Å². The molecule has 0 amide bonds. The van der Waals surface area contributed by atoms with Crippen LogP contribution in [-0.4, -0.2) is 16.9 Å². The Morgan fingerprint density at radius 2 is 2.20 bits per heavy atom. The number of halogens is 2. The van der Waals surface area contributed by atoms with Crippen LogP contribution in [0.25, 0.3) is 0 Å². The molecule has 1 aromatic rings. The molecule has 3 N–H and O–H groups in total. The molecule has 82 valence electrons. The number of rotatable bonds is 2. The van der Waals surface area contributed by atoms with E-state index in [0.29, 0.717) is 5.56 Å². The van der Waals surface area contributed by atoms with E-state index < -0.39 is 23.4 Å². The zero-order chi connectivity index (χ0) is 11.7. The average molecular weight is 232 g/mol. The summed E-state index contributed by atoms with van der Waals surface area (Å²) >= 11 is 5.81. The Hall–Kier alpha value is -1.13. The lowest BCUT2D eigenvalue weighted by atomic mass is 10.0. The zero-order valence-corrected chi connectivity index (χ0v) is 9.10. The van der Waals surface area contributed by atoms with Gasteiger partial charge in [0.05, 0.1) is 16.6 Å². The van der Waals surface area contributed by atoms with Gasteiger partial charge in [-0.25, -0.2) is 4.39 Å². The second kappa shape index (κ2) is 4.16. The van der Waals surface area contributed by atoms with Gasteiger partial charge in [-0.15, -0.1) is 0 Å². The number of carbonyl (C=O) groups excluding carboxylic acids is 1. The van der Waals surface area contributed by atoms with Gasteiger partial charge < -0.3 is 10.8 Å². The van der Waals surface area contributed by atoms with Crippen LogP contribution in [0.5, 0.6) is 5.75 Å². The number of benzene rings is 1. The number of aromatic hydroxyl groups is 1. The maximum absolute atomic E-state index is 13.1. The summed E-state index contributed by atoms with van der Waals surface area (Å²) in [5, 5.41) is 9.42. The van der Waals surface area contributed by atoms with Crippen molar-refractivity contribution in [3.05, 3.63) is 28.0 Å². The van der Waals surface area contributed by atoms with Crippen LogP contribution in [0.4, 0.5) is 4.39 Å². The van der Waals surface area contributed by atoms with E-state index in [-0.39, 0.29) is 10.6 Å². The Labute approximate surface area is 91.7 Å². The molecular weight excluding hydrogens is 221 g/mol. The third-order valence-corrected chi connectivity index (χ3v) is 2.52. The van der Waals surface area contributed by atoms with Crippen molar-refractivity contribution in [1.29, 1.82) is 0 Å².